The molecule has 1 saturated carbocycles. The van der Waals surface area contributed by atoms with E-state index in [1.165, 1.54) is 4.31 Å². The first-order valence-electron chi connectivity index (χ1n) is 9.47. The van der Waals surface area contributed by atoms with Crippen LogP contribution < -0.4 is 5.32 Å². The van der Waals surface area contributed by atoms with E-state index in [0.29, 0.717) is 36.8 Å². The van der Waals surface area contributed by atoms with Crippen molar-refractivity contribution in [3.8, 4) is 0 Å². The third-order valence-electron chi connectivity index (χ3n) is 4.62. The minimum Gasteiger partial charge on any atom is -0.475 e. The van der Waals surface area contributed by atoms with Crippen LogP contribution in [0.3, 0.4) is 0 Å². The second-order valence-electron chi connectivity index (χ2n) is 7.01. The molecule has 2 aliphatic rings. The molecule has 0 spiro atoms. The molecule has 1 heterocycles. The highest BCUT2D eigenvalue weighted by Crippen LogP contribution is 2.28. The van der Waals surface area contributed by atoms with Crippen molar-refractivity contribution in [2.24, 2.45) is 0 Å². The van der Waals surface area contributed by atoms with Crippen LogP contribution in [0.5, 0.6) is 0 Å². The normalized spacial score (nSPS) is 17.4. The first kappa shape index (κ1) is 25.4. The average molecular weight is 486 g/mol. The van der Waals surface area contributed by atoms with E-state index in [0.717, 1.165) is 12.8 Å². The number of rotatable bonds is 6. The first-order chi connectivity index (χ1) is 14.4. The van der Waals surface area contributed by atoms with E-state index in [1.54, 1.807) is 29.2 Å². The average Bonchev–Trinajstić information content (AvgIpc) is 3.53. The Balaban J connectivity index is 0.000000423. The number of hydrogen-bond donors (Lipinski definition) is 2. The molecule has 174 valence electrons. The van der Waals surface area contributed by atoms with Gasteiger partial charge in [0.15, 0.2) is 0 Å². The van der Waals surface area contributed by atoms with Crippen LogP contribution in [-0.2, 0) is 14.8 Å². The summed E-state index contributed by atoms with van der Waals surface area (Å²) in [6.07, 6.45) is -3.22. The van der Waals surface area contributed by atoms with Gasteiger partial charge in [0.05, 0.1) is 5.75 Å². The number of carboxylic acid groups (broad SMARTS) is 1. The lowest BCUT2D eigenvalue weighted by molar-refractivity contribution is -0.192. The largest absolute Gasteiger partial charge is 0.490 e. The number of amides is 1. The van der Waals surface area contributed by atoms with Gasteiger partial charge in [-0.2, -0.15) is 17.5 Å². The summed E-state index contributed by atoms with van der Waals surface area (Å²) in [5, 5.41) is 10.8. The number of piperazine rings is 1. The molecule has 1 aliphatic heterocycles. The molecule has 1 aliphatic carbocycles. The molecule has 0 aromatic heterocycles. The van der Waals surface area contributed by atoms with Gasteiger partial charge in [-0.05, 0) is 31.0 Å². The summed E-state index contributed by atoms with van der Waals surface area (Å²) < 4.78 is 58.2. The highest BCUT2D eigenvalue weighted by molar-refractivity contribution is 7.89. The van der Waals surface area contributed by atoms with E-state index >= 15 is 0 Å². The van der Waals surface area contributed by atoms with Crippen LogP contribution in [0.2, 0.25) is 5.02 Å². The SMILES string of the molecule is O=C(O)C(F)(F)F.O=C(c1cccc(Cl)c1)N(CCS(=O)(=O)N1CCNCC1)C1CC1. The molecule has 1 aromatic carbocycles. The Labute approximate surface area is 183 Å². The van der Waals surface area contributed by atoms with Crippen LogP contribution in [0.1, 0.15) is 23.2 Å². The highest BCUT2D eigenvalue weighted by atomic mass is 35.5. The number of alkyl halides is 3. The van der Waals surface area contributed by atoms with Crippen LogP contribution in [-0.4, -0.2) is 85.3 Å². The number of nitrogens with zero attached hydrogens (tertiary/aromatic N) is 2. The highest BCUT2D eigenvalue weighted by Gasteiger charge is 2.38. The Hall–Kier alpha value is -1.89. The van der Waals surface area contributed by atoms with Crippen molar-refractivity contribution in [1.82, 2.24) is 14.5 Å². The summed E-state index contributed by atoms with van der Waals surface area (Å²) in [6, 6.07) is 6.94. The lowest BCUT2D eigenvalue weighted by atomic mass is 10.2. The Bertz CT molecular complexity index is 888. The molecular weight excluding hydrogens is 463 g/mol. The number of benzene rings is 1. The number of carboxylic acids is 1. The van der Waals surface area contributed by atoms with Gasteiger partial charge in [-0.3, -0.25) is 4.79 Å². The Morgan fingerprint density at radius 2 is 1.81 bits per heavy atom. The van der Waals surface area contributed by atoms with E-state index in [2.05, 4.69) is 5.32 Å². The van der Waals surface area contributed by atoms with E-state index in [1.807, 2.05) is 0 Å². The maximum Gasteiger partial charge on any atom is 0.490 e. The topological polar surface area (TPSA) is 107 Å². The van der Waals surface area contributed by atoms with Gasteiger partial charge in [0.25, 0.3) is 5.91 Å². The van der Waals surface area contributed by atoms with E-state index < -0.39 is 22.2 Å². The van der Waals surface area contributed by atoms with Crippen molar-refractivity contribution in [3.63, 3.8) is 0 Å². The van der Waals surface area contributed by atoms with Gasteiger partial charge < -0.3 is 15.3 Å². The molecule has 0 radical (unpaired) electrons. The number of carbonyl (C=O) groups excluding carboxylic acids is 1. The van der Waals surface area contributed by atoms with E-state index in [-0.39, 0.29) is 24.2 Å². The van der Waals surface area contributed by atoms with Crippen molar-refractivity contribution in [1.29, 1.82) is 0 Å². The van der Waals surface area contributed by atoms with Crippen LogP contribution in [0.15, 0.2) is 24.3 Å². The fourth-order valence-electron chi connectivity index (χ4n) is 2.89. The molecule has 3 rings (SSSR count). The van der Waals surface area contributed by atoms with Gasteiger partial charge in [-0.1, -0.05) is 17.7 Å². The molecule has 2 fully saturated rings. The molecule has 1 aromatic rings. The van der Waals surface area contributed by atoms with Gasteiger partial charge in [-0.15, -0.1) is 0 Å². The number of nitrogens with one attached hydrogen (secondary N) is 1. The Kier molecular flexibility index (Phi) is 8.69. The number of halogens is 4. The third kappa shape index (κ3) is 7.95. The maximum atomic E-state index is 12.7. The molecule has 31 heavy (non-hydrogen) atoms. The van der Waals surface area contributed by atoms with Crippen molar-refractivity contribution in [2.75, 3.05) is 38.5 Å². The maximum absolute atomic E-state index is 12.7. The summed E-state index contributed by atoms with van der Waals surface area (Å²) in [4.78, 5) is 23.3. The summed E-state index contributed by atoms with van der Waals surface area (Å²) in [7, 11) is -3.33. The molecule has 1 saturated heterocycles. The predicted molar refractivity (Wildman–Crippen MR) is 107 cm³/mol. The Morgan fingerprint density at radius 1 is 1.23 bits per heavy atom. The molecule has 0 bridgehead atoms. The zero-order valence-corrected chi connectivity index (χ0v) is 18.0. The van der Waals surface area contributed by atoms with E-state index in [9.17, 15) is 26.4 Å². The standard InChI is InChI=1S/C16H22ClN3O3S.C2HF3O2/c17-14-3-1-2-13(12-14)16(21)20(15-4-5-15)10-11-24(22,23)19-8-6-18-7-9-19;3-2(4,5)1(6)7/h1-3,12,15,18H,4-11H2;(H,6,7). The lowest BCUT2D eigenvalue weighted by Gasteiger charge is -2.28. The fourth-order valence-corrected chi connectivity index (χ4v) is 4.50. The first-order valence-corrected chi connectivity index (χ1v) is 11.5. The minimum absolute atomic E-state index is 0.0319. The minimum atomic E-state index is -5.08. The summed E-state index contributed by atoms with van der Waals surface area (Å²) in [5.74, 6) is -2.93. The summed E-state index contributed by atoms with van der Waals surface area (Å²) in [6.45, 7) is 2.56. The number of sulfonamides is 1. The number of aliphatic carboxylic acids is 1. The molecule has 13 heteroatoms. The monoisotopic (exact) mass is 485 g/mol. The number of carbonyl (C=O) groups is 2. The lowest BCUT2D eigenvalue weighted by Crippen LogP contribution is -2.48. The van der Waals surface area contributed by atoms with Crippen LogP contribution in [0, 0.1) is 0 Å². The molecule has 0 atom stereocenters. The van der Waals surface area contributed by atoms with Gasteiger partial charge in [0.1, 0.15) is 0 Å². The smallest absolute Gasteiger partial charge is 0.475 e. The summed E-state index contributed by atoms with van der Waals surface area (Å²) >= 11 is 5.96. The number of hydrogen-bond acceptors (Lipinski definition) is 5. The van der Waals surface area contributed by atoms with Crippen LogP contribution >= 0.6 is 11.6 Å². The summed E-state index contributed by atoms with van der Waals surface area (Å²) in [5.41, 5.74) is 0.508. The Morgan fingerprint density at radius 3 is 2.29 bits per heavy atom. The van der Waals surface area contributed by atoms with Crippen molar-refractivity contribution in [3.05, 3.63) is 34.9 Å². The van der Waals surface area contributed by atoms with E-state index in [4.69, 9.17) is 21.5 Å². The fraction of sp³-hybridized carbons (Fsp3) is 0.556. The molecule has 2 N–H and O–H groups in total. The van der Waals surface area contributed by atoms with Gasteiger partial charge in [-0.25, -0.2) is 13.2 Å². The quantitative estimate of drug-likeness (QED) is 0.636. The van der Waals surface area contributed by atoms with Gasteiger partial charge in [0.2, 0.25) is 10.0 Å². The molecule has 8 nitrogen and oxygen atoms in total. The second kappa shape index (κ2) is 10.6. The van der Waals surface area contributed by atoms with Crippen molar-refractivity contribution in [2.45, 2.75) is 25.1 Å². The zero-order valence-electron chi connectivity index (χ0n) is 16.4. The van der Waals surface area contributed by atoms with Gasteiger partial charge in [0, 0.05) is 49.4 Å². The van der Waals surface area contributed by atoms with Crippen molar-refractivity contribution < 1.29 is 36.3 Å². The van der Waals surface area contributed by atoms with Crippen LogP contribution in [0.25, 0.3) is 0 Å². The molecule has 0 unspecified atom stereocenters. The predicted octanol–water partition coefficient (Wildman–Crippen LogP) is 1.81. The second-order valence-corrected chi connectivity index (χ2v) is 9.53. The molecular formula is C18H23ClF3N3O5S. The zero-order chi connectivity index (χ0) is 23.2. The molecule has 1 amide bonds. The van der Waals surface area contributed by atoms with Crippen LogP contribution in [0.4, 0.5) is 13.2 Å². The van der Waals surface area contributed by atoms with Crippen molar-refractivity contribution >= 4 is 33.5 Å². The third-order valence-corrected chi connectivity index (χ3v) is 6.71. The van der Waals surface area contributed by atoms with Gasteiger partial charge >= 0.3 is 12.1 Å².